The third-order valence-electron chi connectivity index (χ3n) is 2.85. The summed E-state index contributed by atoms with van der Waals surface area (Å²) in [6.45, 7) is 7.91. The molecule has 0 aromatic carbocycles. The van der Waals surface area contributed by atoms with Crippen molar-refractivity contribution in [3.8, 4) is 6.01 Å². The molecule has 0 saturated heterocycles. The average Bonchev–Trinajstić information content (AvgIpc) is 2.48. The van der Waals surface area contributed by atoms with Gasteiger partial charge in [-0.15, -0.1) is 0 Å². The molecule has 1 aromatic heterocycles. The van der Waals surface area contributed by atoms with Gasteiger partial charge in [0, 0.05) is 30.8 Å². The van der Waals surface area contributed by atoms with Crippen LogP contribution in [0.25, 0.3) is 0 Å². The molecular formula is C16H24N4O4. The van der Waals surface area contributed by atoms with Crippen molar-refractivity contribution in [3.05, 3.63) is 18.0 Å². The lowest BCUT2D eigenvalue weighted by Crippen LogP contribution is -2.24. The van der Waals surface area contributed by atoms with Gasteiger partial charge >= 0.3 is 12.0 Å². The van der Waals surface area contributed by atoms with E-state index >= 15 is 0 Å². The number of hydrogen-bond acceptors (Lipinski definition) is 6. The van der Waals surface area contributed by atoms with E-state index in [1.54, 1.807) is 6.92 Å². The minimum Gasteiger partial charge on any atom is -0.481 e. The molecule has 2 N–H and O–H groups in total. The van der Waals surface area contributed by atoms with Crippen molar-refractivity contribution in [1.29, 1.82) is 0 Å². The Balaban J connectivity index is 2.50. The highest BCUT2D eigenvalue weighted by atomic mass is 16.5. The summed E-state index contributed by atoms with van der Waals surface area (Å²) in [4.78, 5) is 30.2. The first kappa shape index (κ1) is 19.5. The van der Waals surface area contributed by atoms with E-state index in [1.807, 2.05) is 20.8 Å². The highest BCUT2D eigenvalue weighted by molar-refractivity contribution is 5.98. The molecule has 0 unspecified atom stereocenters. The van der Waals surface area contributed by atoms with Gasteiger partial charge in [0.1, 0.15) is 0 Å². The quantitative estimate of drug-likeness (QED) is 0.426. The molecule has 0 fully saturated rings. The smallest absolute Gasteiger partial charge is 0.316 e. The van der Waals surface area contributed by atoms with Crippen LogP contribution >= 0.6 is 0 Å². The van der Waals surface area contributed by atoms with Crippen LogP contribution in [0.4, 0.5) is 0 Å². The Bertz CT molecular complexity index is 591. The number of aromatic nitrogens is 2. The first-order valence-corrected chi connectivity index (χ1v) is 7.67. The number of carbonyl (C=O) groups excluding carboxylic acids is 1. The molecule has 24 heavy (non-hydrogen) atoms. The maximum absolute atomic E-state index is 11.7. The van der Waals surface area contributed by atoms with Gasteiger partial charge in [-0.1, -0.05) is 20.8 Å². The molecule has 1 heterocycles. The molecule has 0 aliphatic heterocycles. The van der Waals surface area contributed by atoms with Crippen molar-refractivity contribution in [2.45, 2.75) is 47.0 Å². The van der Waals surface area contributed by atoms with Crippen molar-refractivity contribution in [2.24, 2.45) is 10.5 Å². The van der Waals surface area contributed by atoms with Crippen LogP contribution in [0.15, 0.2) is 17.5 Å². The topological polar surface area (TPSA) is 114 Å². The molecule has 0 radical (unpaired) electrons. The van der Waals surface area contributed by atoms with E-state index < -0.39 is 5.97 Å². The third-order valence-corrected chi connectivity index (χ3v) is 2.85. The zero-order chi connectivity index (χ0) is 18.2. The van der Waals surface area contributed by atoms with Gasteiger partial charge in [0.25, 0.3) is 0 Å². The van der Waals surface area contributed by atoms with Gasteiger partial charge in [-0.2, -0.15) is 5.10 Å². The number of hydrazone groups is 1. The molecule has 0 bridgehead atoms. The lowest BCUT2D eigenvalue weighted by atomic mass is 9.92. The van der Waals surface area contributed by atoms with Crippen LogP contribution in [-0.2, 0) is 9.59 Å². The Labute approximate surface area is 141 Å². The molecular weight excluding hydrogens is 312 g/mol. The summed E-state index contributed by atoms with van der Waals surface area (Å²) in [5, 5.41) is 12.6. The summed E-state index contributed by atoms with van der Waals surface area (Å²) < 4.78 is 5.25. The molecule has 0 aliphatic rings. The molecule has 1 amide bonds. The van der Waals surface area contributed by atoms with Crippen LogP contribution in [0.5, 0.6) is 6.01 Å². The summed E-state index contributed by atoms with van der Waals surface area (Å²) in [5.41, 5.74) is 3.65. The SMILES string of the molecule is C/C(=N/NC(=O)CC(C)(C)C)c1cnc(OCCCC(=O)O)nc1. The molecule has 0 spiro atoms. The largest absolute Gasteiger partial charge is 0.481 e. The van der Waals surface area contributed by atoms with E-state index in [0.29, 0.717) is 24.1 Å². The minimum atomic E-state index is -0.866. The fourth-order valence-corrected chi connectivity index (χ4v) is 1.70. The fourth-order valence-electron chi connectivity index (χ4n) is 1.70. The first-order chi connectivity index (χ1) is 11.2. The van der Waals surface area contributed by atoms with Crippen LogP contribution in [-0.4, -0.2) is 39.3 Å². The second-order valence-electron chi connectivity index (χ2n) is 6.57. The van der Waals surface area contributed by atoms with Gasteiger partial charge in [0.2, 0.25) is 5.91 Å². The van der Waals surface area contributed by atoms with Gasteiger partial charge in [-0.3, -0.25) is 9.59 Å². The van der Waals surface area contributed by atoms with Gasteiger partial charge in [0.15, 0.2) is 0 Å². The number of amides is 1. The number of nitrogens with one attached hydrogen (secondary N) is 1. The Hall–Kier alpha value is -2.51. The van der Waals surface area contributed by atoms with Crippen molar-refractivity contribution in [2.75, 3.05) is 6.61 Å². The molecule has 132 valence electrons. The molecule has 0 atom stereocenters. The van der Waals surface area contributed by atoms with Crippen molar-refractivity contribution < 1.29 is 19.4 Å². The predicted molar refractivity (Wildman–Crippen MR) is 88.8 cm³/mol. The molecule has 1 aromatic rings. The monoisotopic (exact) mass is 336 g/mol. The van der Waals surface area contributed by atoms with Gasteiger partial charge in [-0.25, -0.2) is 15.4 Å². The van der Waals surface area contributed by atoms with E-state index in [9.17, 15) is 9.59 Å². The van der Waals surface area contributed by atoms with Crippen LogP contribution in [0.1, 0.15) is 52.5 Å². The second-order valence-corrected chi connectivity index (χ2v) is 6.57. The van der Waals surface area contributed by atoms with E-state index in [0.717, 1.165) is 0 Å². The molecule has 1 rings (SSSR count). The highest BCUT2D eigenvalue weighted by Crippen LogP contribution is 2.17. The number of carboxylic acids is 1. The van der Waals surface area contributed by atoms with Crippen molar-refractivity contribution >= 4 is 17.6 Å². The van der Waals surface area contributed by atoms with E-state index in [4.69, 9.17) is 9.84 Å². The zero-order valence-electron chi connectivity index (χ0n) is 14.5. The van der Waals surface area contributed by atoms with Gasteiger partial charge < -0.3 is 9.84 Å². The highest BCUT2D eigenvalue weighted by Gasteiger charge is 2.15. The van der Waals surface area contributed by atoms with E-state index in [1.165, 1.54) is 12.4 Å². The number of aliphatic carboxylic acids is 1. The number of carboxylic acid groups (broad SMARTS) is 1. The van der Waals surface area contributed by atoms with Crippen LogP contribution < -0.4 is 10.2 Å². The van der Waals surface area contributed by atoms with Crippen molar-refractivity contribution in [1.82, 2.24) is 15.4 Å². The molecule has 0 aliphatic carbocycles. The number of hydrogen-bond donors (Lipinski definition) is 2. The lowest BCUT2D eigenvalue weighted by molar-refractivity contribution is -0.137. The third kappa shape index (κ3) is 8.21. The van der Waals surface area contributed by atoms with E-state index in [2.05, 4.69) is 20.5 Å². The van der Waals surface area contributed by atoms with E-state index in [-0.39, 0.29) is 30.4 Å². The van der Waals surface area contributed by atoms with Gasteiger partial charge in [0.05, 0.1) is 12.3 Å². The number of rotatable bonds is 8. The van der Waals surface area contributed by atoms with Gasteiger partial charge in [-0.05, 0) is 18.8 Å². The van der Waals surface area contributed by atoms with Crippen molar-refractivity contribution in [3.63, 3.8) is 0 Å². The summed E-state index contributed by atoms with van der Waals surface area (Å²) in [5.74, 6) is -1.02. The molecule has 8 nitrogen and oxygen atoms in total. The number of nitrogens with zero attached hydrogens (tertiary/aromatic N) is 3. The summed E-state index contributed by atoms with van der Waals surface area (Å²) in [6, 6.07) is 0.175. The Morgan fingerprint density at radius 3 is 2.46 bits per heavy atom. The zero-order valence-corrected chi connectivity index (χ0v) is 14.5. The minimum absolute atomic E-state index is 0.0398. The van der Waals surface area contributed by atoms with Crippen LogP contribution in [0, 0.1) is 5.41 Å². The lowest BCUT2D eigenvalue weighted by Gasteiger charge is -2.16. The van der Waals surface area contributed by atoms with Crippen LogP contribution in [0.3, 0.4) is 0 Å². The second kappa shape index (κ2) is 8.95. The maximum atomic E-state index is 11.7. The number of ether oxygens (including phenoxy) is 1. The Morgan fingerprint density at radius 2 is 1.92 bits per heavy atom. The maximum Gasteiger partial charge on any atom is 0.316 e. The summed E-state index contributed by atoms with van der Waals surface area (Å²) in [6.07, 6.45) is 3.88. The Morgan fingerprint density at radius 1 is 1.29 bits per heavy atom. The Kier molecular flexibility index (Phi) is 7.29. The number of carbonyl (C=O) groups is 2. The summed E-state index contributed by atoms with van der Waals surface area (Å²) >= 11 is 0. The first-order valence-electron chi connectivity index (χ1n) is 7.67. The van der Waals surface area contributed by atoms with Crippen LogP contribution in [0.2, 0.25) is 0 Å². The fraction of sp³-hybridized carbons (Fsp3) is 0.562. The summed E-state index contributed by atoms with van der Waals surface area (Å²) in [7, 11) is 0. The predicted octanol–water partition coefficient (Wildman–Crippen LogP) is 2.00. The standard InChI is InChI=1S/C16H24N4O4/c1-11(19-20-13(21)8-16(2,3)4)12-9-17-15(18-10-12)24-7-5-6-14(22)23/h9-10H,5-8H2,1-4H3,(H,20,21)(H,22,23)/b19-11-. The normalized spacial score (nSPS) is 11.9. The molecule has 0 saturated carbocycles. The average molecular weight is 336 g/mol. The molecule has 8 heteroatoms.